The molecular weight excluding hydrogens is 495 g/mol. The molecule has 1 aliphatic heterocycles. The van der Waals surface area contributed by atoms with Gasteiger partial charge in [0.05, 0.1) is 24.5 Å². The predicted octanol–water partition coefficient (Wildman–Crippen LogP) is 3.74. The van der Waals surface area contributed by atoms with Crippen LogP contribution in [0.2, 0.25) is 0 Å². The molecule has 3 N–H and O–H groups in total. The molecule has 4 rings (SSSR count). The summed E-state index contributed by atoms with van der Waals surface area (Å²) in [6.07, 6.45) is -4.15. The van der Waals surface area contributed by atoms with Crippen LogP contribution in [0.25, 0.3) is 0 Å². The smallest absolute Gasteiger partial charge is 0.419 e. The molecule has 1 fully saturated rings. The Kier molecular flexibility index (Phi) is 7.50. The van der Waals surface area contributed by atoms with Crippen LogP contribution in [0.3, 0.4) is 0 Å². The van der Waals surface area contributed by atoms with Gasteiger partial charge in [0.15, 0.2) is 0 Å². The molecular formula is C25H24F3N3O6. The summed E-state index contributed by atoms with van der Waals surface area (Å²) in [4.78, 5) is 25.4. The molecule has 0 spiro atoms. The molecule has 2 unspecified atom stereocenters. The van der Waals surface area contributed by atoms with Crippen LogP contribution in [0.4, 0.5) is 13.2 Å². The number of amides is 2. The summed E-state index contributed by atoms with van der Waals surface area (Å²) in [7, 11) is 0. The summed E-state index contributed by atoms with van der Waals surface area (Å²) in [5, 5.41) is 18.5. The van der Waals surface area contributed by atoms with Crippen LogP contribution in [0.5, 0.6) is 11.5 Å². The molecule has 3 aromatic rings. The molecule has 2 heterocycles. The van der Waals surface area contributed by atoms with E-state index in [1.807, 2.05) is 0 Å². The Balaban J connectivity index is 1.40. The molecule has 2 aromatic carbocycles. The molecule has 0 bridgehead atoms. The average molecular weight is 519 g/mol. The van der Waals surface area contributed by atoms with E-state index in [0.29, 0.717) is 5.56 Å². The second-order valence-corrected chi connectivity index (χ2v) is 8.57. The Bertz CT molecular complexity index is 1240. The second-order valence-electron chi connectivity index (χ2n) is 8.57. The highest BCUT2D eigenvalue weighted by molar-refractivity contribution is 5.97. The van der Waals surface area contributed by atoms with Crippen LogP contribution in [-0.2, 0) is 22.3 Å². The fraction of sp³-hybridized carbons (Fsp3) is 0.320. The van der Waals surface area contributed by atoms with Crippen LogP contribution in [0.15, 0.2) is 59.3 Å². The van der Waals surface area contributed by atoms with Gasteiger partial charge in [-0.1, -0.05) is 23.4 Å². The second kappa shape index (κ2) is 10.6. The fourth-order valence-corrected chi connectivity index (χ4v) is 3.78. The molecule has 196 valence electrons. The van der Waals surface area contributed by atoms with E-state index in [-0.39, 0.29) is 43.3 Å². The largest absolute Gasteiger partial charge is 0.457 e. The monoisotopic (exact) mass is 519 g/mol. The standard InChI is InChI=1S/C25H24F3N3O6/c1-15(32)17-4-7-20(19(12-17)25(26,27)28)36-18-5-2-16(3-6-18)13-29-23(34)24(9-11-35-14-24)31-22(33)21-8-10-30-37-21/h2-8,10,12,15,32H,9,11,13-14H2,1H3,(H,29,34)(H,31,33). The number of nitrogens with zero attached hydrogens (tertiary/aromatic N) is 1. The summed E-state index contributed by atoms with van der Waals surface area (Å²) in [6, 6.07) is 10.9. The van der Waals surface area contributed by atoms with Crippen molar-refractivity contribution in [2.45, 2.75) is 37.7 Å². The lowest BCUT2D eigenvalue weighted by atomic mass is 9.97. The van der Waals surface area contributed by atoms with E-state index in [1.165, 1.54) is 37.4 Å². The first kappa shape index (κ1) is 26.2. The van der Waals surface area contributed by atoms with E-state index in [9.17, 15) is 27.9 Å². The Morgan fingerprint density at radius 2 is 1.95 bits per heavy atom. The third kappa shape index (κ3) is 6.09. The van der Waals surface area contributed by atoms with Gasteiger partial charge in [0.25, 0.3) is 5.91 Å². The molecule has 1 aromatic heterocycles. The molecule has 1 aliphatic rings. The fourth-order valence-electron chi connectivity index (χ4n) is 3.78. The number of aromatic nitrogens is 1. The lowest BCUT2D eigenvalue weighted by molar-refractivity contribution is -0.138. The predicted molar refractivity (Wildman–Crippen MR) is 123 cm³/mol. The highest BCUT2D eigenvalue weighted by atomic mass is 19.4. The number of hydrogen-bond donors (Lipinski definition) is 3. The van der Waals surface area contributed by atoms with E-state index in [2.05, 4.69) is 15.8 Å². The number of carbonyl (C=O) groups is 2. The Morgan fingerprint density at radius 1 is 1.19 bits per heavy atom. The zero-order chi connectivity index (χ0) is 26.6. The number of carbonyl (C=O) groups excluding carboxylic acids is 2. The number of ether oxygens (including phenoxy) is 2. The summed E-state index contributed by atoms with van der Waals surface area (Å²) in [5.41, 5.74) is -1.51. The van der Waals surface area contributed by atoms with Gasteiger partial charge in [-0.15, -0.1) is 0 Å². The van der Waals surface area contributed by atoms with Crippen LogP contribution in [0, 0.1) is 0 Å². The number of halogens is 3. The highest BCUT2D eigenvalue weighted by Crippen LogP contribution is 2.39. The van der Waals surface area contributed by atoms with Gasteiger partial charge in [0, 0.05) is 25.6 Å². The molecule has 1 saturated heterocycles. The van der Waals surface area contributed by atoms with Crippen molar-refractivity contribution in [2.24, 2.45) is 0 Å². The minimum Gasteiger partial charge on any atom is -0.457 e. The third-order valence-corrected chi connectivity index (χ3v) is 5.87. The quantitative estimate of drug-likeness (QED) is 0.414. The van der Waals surface area contributed by atoms with Crippen LogP contribution < -0.4 is 15.4 Å². The van der Waals surface area contributed by atoms with E-state index in [4.69, 9.17) is 14.0 Å². The van der Waals surface area contributed by atoms with Crippen molar-refractivity contribution in [1.82, 2.24) is 15.8 Å². The normalized spacial score (nSPS) is 18.3. The van der Waals surface area contributed by atoms with E-state index in [0.717, 1.165) is 12.1 Å². The van der Waals surface area contributed by atoms with Crippen molar-refractivity contribution in [2.75, 3.05) is 13.2 Å². The molecule has 2 atom stereocenters. The maximum atomic E-state index is 13.5. The lowest BCUT2D eigenvalue weighted by Crippen LogP contribution is -2.59. The Morgan fingerprint density at radius 3 is 2.54 bits per heavy atom. The van der Waals surface area contributed by atoms with E-state index in [1.54, 1.807) is 12.1 Å². The van der Waals surface area contributed by atoms with Crippen LogP contribution in [0.1, 0.15) is 46.7 Å². The van der Waals surface area contributed by atoms with Crippen LogP contribution >= 0.6 is 0 Å². The zero-order valence-electron chi connectivity index (χ0n) is 19.7. The van der Waals surface area contributed by atoms with Gasteiger partial charge in [0.2, 0.25) is 11.7 Å². The molecule has 9 nitrogen and oxygen atoms in total. The maximum absolute atomic E-state index is 13.5. The van der Waals surface area contributed by atoms with E-state index < -0.39 is 40.9 Å². The molecule has 37 heavy (non-hydrogen) atoms. The topological polar surface area (TPSA) is 123 Å². The molecule has 2 amide bonds. The highest BCUT2D eigenvalue weighted by Gasteiger charge is 2.44. The first-order valence-corrected chi connectivity index (χ1v) is 11.3. The van der Waals surface area contributed by atoms with Crippen molar-refractivity contribution in [3.63, 3.8) is 0 Å². The van der Waals surface area contributed by atoms with Gasteiger partial charge in [0.1, 0.15) is 17.0 Å². The Hall–Kier alpha value is -3.90. The van der Waals surface area contributed by atoms with Crippen molar-refractivity contribution >= 4 is 11.8 Å². The average Bonchev–Trinajstić information content (AvgIpc) is 3.56. The van der Waals surface area contributed by atoms with E-state index >= 15 is 0 Å². The van der Waals surface area contributed by atoms with Crippen molar-refractivity contribution in [3.05, 3.63) is 77.2 Å². The maximum Gasteiger partial charge on any atom is 0.419 e. The van der Waals surface area contributed by atoms with Gasteiger partial charge >= 0.3 is 6.18 Å². The minimum atomic E-state index is -4.67. The third-order valence-electron chi connectivity index (χ3n) is 5.87. The minimum absolute atomic E-state index is 0.0130. The molecule has 0 radical (unpaired) electrons. The Labute approximate surface area is 209 Å². The number of nitrogens with one attached hydrogen (secondary N) is 2. The SMILES string of the molecule is CC(O)c1ccc(Oc2ccc(CNC(=O)C3(NC(=O)c4ccno4)CCOC3)cc2)c(C(F)(F)F)c1. The summed E-state index contributed by atoms with van der Waals surface area (Å²) < 4.78 is 56.2. The van der Waals surface area contributed by atoms with Gasteiger partial charge in [-0.3, -0.25) is 9.59 Å². The number of aliphatic hydroxyl groups is 1. The van der Waals surface area contributed by atoms with Crippen LogP contribution in [-0.4, -0.2) is 40.8 Å². The van der Waals surface area contributed by atoms with Gasteiger partial charge < -0.3 is 29.7 Å². The van der Waals surface area contributed by atoms with Gasteiger partial charge in [-0.2, -0.15) is 13.2 Å². The summed E-state index contributed by atoms with van der Waals surface area (Å²) in [6.45, 7) is 1.74. The van der Waals surface area contributed by atoms with Crippen molar-refractivity contribution in [1.29, 1.82) is 0 Å². The number of hydrogen-bond acceptors (Lipinski definition) is 7. The first-order chi connectivity index (χ1) is 17.6. The number of rotatable bonds is 8. The summed E-state index contributed by atoms with van der Waals surface area (Å²) in [5.74, 6) is -1.33. The van der Waals surface area contributed by atoms with Crippen molar-refractivity contribution < 1.29 is 41.9 Å². The first-order valence-electron chi connectivity index (χ1n) is 11.3. The van der Waals surface area contributed by atoms with Gasteiger partial charge in [-0.25, -0.2) is 0 Å². The van der Waals surface area contributed by atoms with Gasteiger partial charge in [-0.05, 0) is 42.3 Å². The summed E-state index contributed by atoms with van der Waals surface area (Å²) >= 11 is 0. The number of alkyl halides is 3. The molecule has 12 heteroatoms. The molecule has 0 aliphatic carbocycles. The van der Waals surface area contributed by atoms with Crippen molar-refractivity contribution in [3.8, 4) is 11.5 Å². The number of aliphatic hydroxyl groups excluding tert-OH is 1. The molecule has 0 saturated carbocycles. The lowest BCUT2D eigenvalue weighted by Gasteiger charge is -2.27. The number of benzene rings is 2. The zero-order valence-corrected chi connectivity index (χ0v) is 19.7.